The second-order valence-corrected chi connectivity index (χ2v) is 7.85. The van der Waals surface area contributed by atoms with Gasteiger partial charge in [0.2, 0.25) is 0 Å². The van der Waals surface area contributed by atoms with Gasteiger partial charge in [0, 0.05) is 67.6 Å². The first kappa shape index (κ1) is 23.9. The number of aromatic amines is 1. The van der Waals surface area contributed by atoms with Crippen molar-refractivity contribution in [2.24, 2.45) is 0 Å². The molecule has 2 aromatic carbocycles. The summed E-state index contributed by atoms with van der Waals surface area (Å²) in [6.45, 7) is 1.26. The summed E-state index contributed by atoms with van der Waals surface area (Å²) in [6.07, 6.45) is 3.26. The number of hydrogen-bond acceptors (Lipinski definition) is 8. The van der Waals surface area contributed by atoms with E-state index in [1.54, 1.807) is 51.9 Å². The maximum atomic E-state index is 12.5. The van der Waals surface area contributed by atoms with Gasteiger partial charge in [-0.25, -0.2) is 4.98 Å². The van der Waals surface area contributed by atoms with Crippen LogP contribution in [-0.4, -0.2) is 51.5 Å². The fourth-order valence-corrected chi connectivity index (χ4v) is 3.60. The van der Waals surface area contributed by atoms with Crippen LogP contribution in [0.3, 0.4) is 0 Å². The molecule has 0 saturated heterocycles. The van der Waals surface area contributed by atoms with Crippen LogP contribution in [0.15, 0.2) is 70.1 Å². The van der Waals surface area contributed by atoms with Gasteiger partial charge in [0.15, 0.2) is 5.76 Å². The van der Waals surface area contributed by atoms with Gasteiger partial charge in [-0.2, -0.15) is 0 Å². The van der Waals surface area contributed by atoms with Crippen LogP contribution in [0.1, 0.15) is 0 Å². The lowest BCUT2D eigenvalue weighted by molar-refractivity contribution is 0.206. The van der Waals surface area contributed by atoms with Crippen LogP contribution >= 0.6 is 0 Å². The molecule has 9 heteroatoms. The summed E-state index contributed by atoms with van der Waals surface area (Å²) in [4.78, 5) is 21.7. The lowest BCUT2D eigenvalue weighted by atomic mass is 10.0. The number of aromatic nitrogens is 2. The van der Waals surface area contributed by atoms with Crippen LogP contribution in [0.4, 0.5) is 17.4 Å². The largest absolute Gasteiger partial charge is 0.497 e. The average Bonchev–Trinajstić information content (AvgIpc) is 3.35. The Morgan fingerprint density at radius 3 is 2.46 bits per heavy atom. The quantitative estimate of drug-likeness (QED) is 0.344. The minimum Gasteiger partial charge on any atom is -0.497 e. The average molecular weight is 477 g/mol. The Morgan fingerprint density at radius 1 is 1.03 bits per heavy atom. The molecule has 4 rings (SSSR count). The Hall–Kier alpha value is -4.24. The lowest BCUT2D eigenvalue weighted by Crippen LogP contribution is -2.22. The van der Waals surface area contributed by atoms with E-state index in [2.05, 4.69) is 20.2 Å². The molecule has 2 aromatic heterocycles. The van der Waals surface area contributed by atoms with Gasteiger partial charge in [-0.05, 0) is 35.9 Å². The molecule has 0 radical (unpaired) electrons. The van der Waals surface area contributed by atoms with Crippen LogP contribution in [0.2, 0.25) is 0 Å². The van der Waals surface area contributed by atoms with Gasteiger partial charge >= 0.3 is 0 Å². The molecule has 0 spiro atoms. The normalized spacial score (nSPS) is 10.7. The number of benzene rings is 2. The summed E-state index contributed by atoms with van der Waals surface area (Å²) in [7, 11) is 6.82. The highest BCUT2D eigenvalue weighted by Gasteiger charge is 2.14. The number of ether oxygens (including phenoxy) is 3. The monoisotopic (exact) mass is 476 g/mol. The number of likely N-dealkylation sites (N-methyl/N-ethyl adjacent to an activating group) is 1. The molecule has 0 aliphatic rings. The number of rotatable bonds is 10. The summed E-state index contributed by atoms with van der Waals surface area (Å²) in [6, 6.07) is 15.2. The highest BCUT2D eigenvalue weighted by Crippen LogP contribution is 2.33. The van der Waals surface area contributed by atoms with E-state index in [9.17, 15) is 4.79 Å². The minimum atomic E-state index is -0.165. The second kappa shape index (κ2) is 10.8. The summed E-state index contributed by atoms with van der Waals surface area (Å²) in [5.41, 5.74) is 3.58. The number of oxazole rings is 1. The fourth-order valence-electron chi connectivity index (χ4n) is 3.60. The maximum Gasteiger partial charge on any atom is 0.299 e. The Morgan fingerprint density at radius 2 is 1.77 bits per heavy atom. The molecule has 0 bridgehead atoms. The Kier molecular flexibility index (Phi) is 7.37. The third-order valence-electron chi connectivity index (χ3n) is 5.51. The molecule has 2 N–H and O–H groups in total. The van der Waals surface area contributed by atoms with E-state index in [1.807, 2.05) is 37.4 Å². The van der Waals surface area contributed by atoms with E-state index >= 15 is 0 Å². The highest BCUT2D eigenvalue weighted by atomic mass is 16.5. The fraction of sp³-hybridized carbons (Fsp3) is 0.231. The standard InChI is InChI=1S/C26H28N4O5/c1-30(8-9-32-2)20-11-17(23-6-5-7-27-25(23)31)10-18(12-20)24-16-28-26(35-24)29-19-13-21(33-3)15-22(14-19)34-4/h5-7,10-16H,8-9H2,1-4H3,(H,27,31)(H,28,29). The number of H-pyrrole nitrogens is 1. The molecular weight excluding hydrogens is 448 g/mol. The van der Waals surface area contributed by atoms with Crippen molar-refractivity contribution in [1.82, 2.24) is 9.97 Å². The Bertz CT molecular complexity index is 1330. The summed E-state index contributed by atoms with van der Waals surface area (Å²) in [5, 5.41) is 3.14. The van der Waals surface area contributed by atoms with Crippen molar-refractivity contribution < 1.29 is 18.6 Å². The first-order valence-electron chi connectivity index (χ1n) is 11.0. The zero-order chi connectivity index (χ0) is 24.8. The molecule has 0 atom stereocenters. The second-order valence-electron chi connectivity index (χ2n) is 7.85. The van der Waals surface area contributed by atoms with Crippen molar-refractivity contribution in [2.75, 3.05) is 51.7 Å². The van der Waals surface area contributed by atoms with Crippen molar-refractivity contribution in [2.45, 2.75) is 0 Å². The SMILES string of the molecule is COCCN(C)c1cc(-c2cnc(Nc3cc(OC)cc(OC)c3)o2)cc(-c2ccc[nH]c2=O)c1. The molecule has 2 heterocycles. The van der Waals surface area contributed by atoms with E-state index in [4.69, 9.17) is 18.6 Å². The minimum absolute atomic E-state index is 0.165. The van der Waals surface area contributed by atoms with E-state index in [0.717, 1.165) is 16.8 Å². The molecule has 182 valence electrons. The van der Waals surface area contributed by atoms with Crippen LogP contribution in [0.25, 0.3) is 22.5 Å². The molecule has 0 amide bonds. The summed E-state index contributed by atoms with van der Waals surface area (Å²) in [5.74, 6) is 1.84. The van der Waals surface area contributed by atoms with Gasteiger partial charge in [0.25, 0.3) is 11.6 Å². The number of nitrogens with zero attached hydrogens (tertiary/aromatic N) is 2. The van der Waals surface area contributed by atoms with Crippen molar-refractivity contribution >= 4 is 17.4 Å². The third kappa shape index (κ3) is 5.64. The third-order valence-corrected chi connectivity index (χ3v) is 5.51. The molecule has 4 aromatic rings. The zero-order valence-corrected chi connectivity index (χ0v) is 20.1. The van der Waals surface area contributed by atoms with Crippen molar-refractivity contribution in [3.8, 4) is 33.9 Å². The molecule has 0 unspecified atom stereocenters. The van der Waals surface area contributed by atoms with Crippen LogP contribution in [0, 0.1) is 0 Å². The van der Waals surface area contributed by atoms with Crippen LogP contribution in [0.5, 0.6) is 11.5 Å². The number of hydrogen-bond donors (Lipinski definition) is 2. The van der Waals surface area contributed by atoms with Crippen molar-refractivity contribution in [3.05, 3.63) is 71.3 Å². The molecule has 0 aliphatic carbocycles. The number of anilines is 3. The highest BCUT2D eigenvalue weighted by molar-refractivity contribution is 5.76. The van der Waals surface area contributed by atoms with Gasteiger partial charge in [-0.15, -0.1) is 0 Å². The molecule has 0 aliphatic heterocycles. The predicted octanol–water partition coefficient (Wildman–Crippen LogP) is 4.54. The van der Waals surface area contributed by atoms with Gasteiger partial charge < -0.3 is 33.8 Å². The Balaban J connectivity index is 1.70. The molecule has 9 nitrogen and oxygen atoms in total. The molecule has 0 saturated carbocycles. The summed E-state index contributed by atoms with van der Waals surface area (Å²) < 4.78 is 21.9. The number of pyridine rings is 1. The van der Waals surface area contributed by atoms with Crippen LogP contribution < -0.4 is 25.2 Å². The number of methoxy groups -OCH3 is 3. The van der Waals surface area contributed by atoms with E-state index < -0.39 is 0 Å². The predicted molar refractivity (Wildman–Crippen MR) is 136 cm³/mol. The Labute approximate surface area is 203 Å². The first-order chi connectivity index (χ1) is 17.0. The smallest absolute Gasteiger partial charge is 0.299 e. The van der Waals surface area contributed by atoms with Crippen LogP contribution in [-0.2, 0) is 4.74 Å². The van der Waals surface area contributed by atoms with E-state index in [0.29, 0.717) is 47.7 Å². The molecular formula is C26H28N4O5. The topological polar surface area (TPSA) is 102 Å². The zero-order valence-electron chi connectivity index (χ0n) is 20.1. The molecule has 35 heavy (non-hydrogen) atoms. The number of nitrogens with one attached hydrogen (secondary N) is 2. The maximum absolute atomic E-state index is 12.5. The van der Waals surface area contributed by atoms with Gasteiger partial charge in [-0.3, -0.25) is 4.79 Å². The summed E-state index contributed by atoms with van der Waals surface area (Å²) >= 11 is 0. The molecule has 0 fully saturated rings. The first-order valence-corrected chi connectivity index (χ1v) is 11.0. The van der Waals surface area contributed by atoms with E-state index in [1.165, 1.54) is 0 Å². The van der Waals surface area contributed by atoms with Gasteiger partial charge in [0.1, 0.15) is 11.5 Å². The van der Waals surface area contributed by atoms with Gasteiger partial charge in [0.05, 0.1) is 27.0 Å². The van der Waals surface area contributed by atoms with Crippen molar-refractivity contribution in [3.63, 3.8) is 0 Å². The lowest BCUT2D eigenvalue weighted by Gasteiger charge is -2.20. The van der Waals surface area contributed by atoms with Crippen molar-refractivity contribution in [1.29, 1.82) is 0 Å². The van der Waals surface area contributed by atoms with Gasteiger partial charge in [-0.1, -0.05) is 0 Å². The van der Waals surface area contributed by atoms with E-state index in [-0.39, 0.29) is 5.56 Å².